The lowest BCUT2D eigenvalue weighted by atomic mass is 10.1. The Labute approximate surface area is 97.8 Å². The van der Waals surface area contributed by atoms with Gasteiger partial charge in [0.2, 0.25) is 0 Å². The van der Waals surface area contributed by atoms with E-state index in [1.165, 1.54) is 11.1 Å². The molecule has 0 amide bonds. The molecule has 0 aliphatic carbocycles. The third kappa shape index (κ3) is 3.83. The van der Waals surface area contributed by atoms with Gasteiger partial charge in [-0.05, 0) is 19.9 Å². The van der Waals surface area contributed by atoms with Crippen molar-refractivity contribution in [3.63, 3.8) is 0 Å². The highest BCUT2D eigenvalue weighted by Gasteiger charge is 2.04. The Morgan fingerprint density at radius 3 is 2.69 bits per heavy atom. The van der Waals surface area contributed by atoms with Crippen LogP contribution in [0.2, 0.25) is 0 Å². The highest BCUT2D eigenvalue weighted by molar-refractivity contribution is 5.36. The molecule has 1 N–H and O–H groups in total. The summed E-state index contributed by atoms with van der Waals surface area (Å²) in [7, 11) is 3.42. The summed E-state index contributed by atoms with van der Waals surface area (Å²) in [6, 6.07) is 6.20. The minimum Gasteiger partial charge on any atom is -0.496 e. The molecule has 1 aromatic carbocycles. The Morgan fingerprint density at radius 1 is 1.31 bits per heavy atom. The number of nitrogens with one attached hydrogen (secondary N) is 1. The summed E-state index contributed by atoms with van der Waals surface area (Å²) < 4.78 is 10.5. The molecule has 1 atom stereocenters. The summed E-state index contributed by atoms with van der Waals surface area (Å²) in [6.45, 7) is 5.77. The van der Waals surface area contributed by atoms with Crippen LogP contribution < -0.4 is 10.1 Å². The SMILES string of the molecule is COc1ccc(C)cc1CNCC(C)OC. The molecule has 0 aliphatic rings. The molecule has 1 unspecified atom stereocenters. The molecule has 0 heterocycles. The van der Waals surface area contributed by atoms with Crippen LogP contribution in [0.25, 0.3) is 0 Å². The van der Waals surface area contributed by atoms with Gasteiger partial charge in [-0.3, -0.25) is 0 Å². The van der Waals surface area contributed by atoms with E-state index in [0.717, 1.165) is 18.8 Å². The van der Waals surface area contributed by atoms with Gasteiger partial charge in [-0.15, -0.1) is 0 Å². The maximum absolute atomic E-state index is 5.31. The summed E-state index contributed by atoms with van der Waals surface area (Å²) >= 11 is 0. The van der Waals surface area contributed by atoms with Gasteiger partial charge in [0.25, 0.3) is 0 Å². The van der Waals surface area contributed by atoms with Gasteiger partial charge in [-0.1, -0.05) is 17.7 Å². The fourth-order valence-corrected chi connectivity index (χ4v) is 1.54. The summed E-state index contributed by atoms with van der Waals surface area (Å²) in [6.07, 6.45) is 0.232. The highest BCUT2D eigenvalue weighted by Crippen LogP contribution is 2.19. The highest BCUT2D eigenvalue weighted by atomic mass is 16.5. The average molecular weight is 223 g/mol. The summed E-state index contributed by atoms with van der Waals surface area (Å²) in [4.78, 5) is 0. The van der Waals surface area contributed by atoms with Crippen LogP contribution in [0.15, 0.2) is 18.2 Å². The maximum atomic E-state index is 5.31. The maximum Gasteiger partial charge on any atom is 0.123 e. The fraction of sp³-hybridized carbons (Fsp3) is 0.538. The quantitative estimate of drug-likeness (QED) is 0.801. The molecule has 0 aliphatic heterocycles. The van der Waals surface area contributed by atoms with Gasteiger partial charge in [-0.2, -0.15) is 0 Å². The van der Waals surface area contributed by atoms with E-state index in [-0.39, 0.29) is 6.10 Å². The van der Waals surface area contributed by atoms with Crippen LogP contribution in [0.4, 0.5) is 0 Å². The van der Waals surface area contributed by atoms with Crippen molar-refractivity contribution in [1.82, 2.24) is 5.32 Å². The van der Waals surface area contributed by atoms with E-state index in [0.29, 0.717) is 0 Å². The van der Waals surface area contributed by atoms with Crippen molar-refractivity contribution in [2.24, 2.45) is 0 Å². The van der Waals surface area contributed by atoms with Crippen LogP contribution in [0, 0.1) is 6.92 Å². The molecule has 3 heteroatoms. The van der Waals surface area contributed by atoms with Crippen LogP contribution in [-0.4, -0.2) is 26.9 Å². The monoisotopic (exact) mass is 223 g/mol. The third-order valence-electron chi connectivity index (χ3n) is 2.59. The van der Waals surface area contributed by atoms with Crippen molar-refractivity contribution in [1.29, 1.82) is 0 Å². The molecule has 16 heavy (non-hydrogen) atoms. The zero-order valence-electron chi connectivity index (χ0n) is 10.5. The van der Waals surface area contributed by atoms with Crippen LogP contribution in [0.1, 0.15) is 18.1 Å². The fourth-order valence-electron chi connectivity index (χ4n) is 1.54. The van der Waals surface area contributed by atoms with Gasteiger partial charge < -0.3 is 14.8 Å². The molecule has 1 aromatic rings. The van der Waals surface area contributed by atoms with Crippen molar-refractivity contribution in [2.75, 3.05) is 20.8 Å². The summed E-state index contributed by atoms with van der Waals surface area (Å²) in [5.41, 5.74) is 2.43. The average Bonchev–Trinajstić information content (AvgIpc) is 2.29. The van der Waals surface area contributed by atoms with Gasteiger partial charge in [0.15, 0.2) is 0 Å². The number of methoxy groups -OCH3 is 2. The minimum absolute atomic E-state index is 0.232. The van der Waals surface area contributed by atoms with Gasteiger partial charge in [-0.25, -0.2) is 0 Å². The second-order valence-corrected chi connectivity index (χ2v) is 3.99. The normalized spacial score (nSPS) is 12.5. The second-order valence-electron chi connectivity index (χ2n) is 3.99. The predicted molar refractivity (Wildman–Crippen MR) is 65.9 cm³/mol. The molecule has 0 saturated heterocycles. The molecule has 0 aromatic heterocycles. The molecule has 0 saturated carbocycles. The van der Waals surface area contributed by atoms with Crippen LogP contribution in [0.3, 0.4) is 0 Å². The van der Waals surface area contributed by atoms with Gasteiger partial charge in [0, 0.05) is 25.8 Å². The van der Waals surface area contributed by atoms with E-state index in [1.54, 1.807) is 14.2 Å². The van der Waals surface area contributed by atoms with Crippen molar-refractivity contribution in [3.05, 3.63) is 29.3 Å². The first kappa shape index (κ1) is 13.0. The third-order valence-corrected chi connectivity index (χ3v) is 2.59. The van der Waals surface area contributed by atoms with Crippen molar-refractivity contribution >= 4 is 0 Å². The van der Waals surface area contributed by atoms with E-state index in [2.05, 4.69) is 24.4 Å². The number of hydrogen-bond acceptors (Lipinski definition) is 3. The molecule has 3 nitrogen and oxygen atoms in total. The molecule has 1 rings (SSSR count). The summed E-state index contributed by atoms with van der Waals surface area (Å²) in [5, 5.41) is 3.35. The largest absolute Gasteiger partial charge is 0.496 e. The van der Waals surface area contributed by atoms with E-state index >= 15 is 0 Å². The van der Waals surface area contributed by atoms with Gasteiger partial charge in [0.05, 0.1) is 13.2 Å². The van der Waals surface area contributed by atoms with Crippen LogP contribution in [-0.2, 0) is 11.3 Å². The smallest absolute Gasteiger partial charge is 0.123 e. The standard InChI is InChI=1S/C13H21NO2/c1-10-5-6-13(16-4)12(7-10)9-14-8-11(2)15-3/h5-7,11,14H,8-9H2,1-4H3. The topological polar surface area (TPSA) is 30.5 Å². The Bertz CT molecular complexity index is 326. The molecule has 0 spiro atoms. The van der Waals surface area contributed by atoms with E-state index in [9.17, 15) is 0 Å². The number of aryl methyl sites for hydroxylation is 1. The lowest BCUT2D eigenvalue weighted by molar-refractivity contribution is 0.117. The lowest BCUT2D eigenvalue weighted by Crippen LogP contribution is -2.25. The van der Waals surface area contributed by atoms with Crippen molar-refractivity contribution < 1.29 is 9.47 Å². The van der Waals surface area contributed by atoms with E-state index < -0.39 is 0 Å². The Kier molecular flexibility index (Phi) is 5.29. The molecule has 90 valence electrons. The molecular weight excluding hydrogens is 202 g/mol. The second kappa shape index (κ2) is 6.51. The number of benzene rings is 1. The minimum atomic E-state index is 0.232. The zero-order valence-corrected chi connectivity index (χ0v) is 10.5. The number of hydrogen-bond donors (Lipinski definition) is 1. The van der Waals surface area contributed by atoms with Gasteiger partial charge >= 0.3 is 0 Å². The Balaban J connectivity index is 2.55. The molecule has 0 radical (unpaired) electrons. The van der Waals surface area contributed by atoms with Crippen LogP contribution >= 0.6 is 0 Å². The molecule has 0 bridgehead atoms. The first-order valence-corrected chi connectivity index (χ1v) is 5.54. The van der Waals surface area contributed by atoms with Crippen molar-refractivity contribution in [3.8, 4) is 5.75 Å². The van der Waals surface area contributed by atoms with Crippen LogP contribution in [0.5, 0.6) is 5.75 Å². The summed E-state index contributed by atoms with van der Waals surface area (Å²) in [5.74, 6) is 0.933. The predicted octanol–water partition coefficient (Wildman–Crippen LogP) is 2.13. The number of rotatable bonds is 6. The Hall–Kier alpha value is -1.06. The Morgan fingerprint density at radius 2 is 2.06 bits per heavy atom. The lowest BCUT2D eigenvalue weighted by Gasteiger charge is -2.13. The van der Waals surface area contributed by atoms with E-state index in [1.807, 2.05) is 13.0 Å². The number of ether oxygens (including phenoxy) is 2. The molecule has 0 fully saturated rings. The van der Waals surface area contributed by atoms with Gasteiger partial charge in [0.1, 0.15) is 5.75 Å². The first-order valence-electron chi connectivity index (χ1n) is 5.54. The van der Waals surface area contributed by atoms with E-state index in [4.69, 9.17) is 9.47 Å². The molecular formula is C13H21NO2. The van der Waals surface area contributed by atoms with Crippen molar-refractivity contribution in [2.45, 2.75) is 26.5 Å². The first-order chi connectivity index (χ1) is 7.67. The zero-order chi connectivity index (χ0) is 12.0.